The summed E-state index contributed by atoms with van der Waals surface area (Å²) in [5.74, 6) is 0.842. The lowest BCUT2D eigenvalue weighted by Gasteiger charge is -2.25. The minimum absolute atomic E-state index is 0.297. The third-order valence-corrected chi connectivity index (χ3v) is 5.04. The third-order valence-electron chi connectivity index (χ3n) is 3.32. The molecular weight excluding hydrogens is 312 g/mol. The molecule has 1 aromatic rings. The number of hydrogen-bond donors (Lipinski definition) is 1. The van der Waals surface area contributed by atoms with Gasteiger partial charge in [-0.1, -0.05) is 0 Å². The molecular formula is C13H21BrN2OS. The Hall–Kier alpha value is 0.0600. The smallest absolute Gasteiger partial charge is 0.0702 e. The van der Waals surface area contributed by atoms with Gasteiger partial charge in [0.05, 0.1) is 16.4 Å². The number of nitrogens with zero attached hydrogens (tertiary/aromatic N) is 1. The zero-order valence-electron chi connectivity index (χ0n) is 10.8. The molecule has 18 heavy (non-hydrogen) atoms. The molecule has 102 valence electrons. The maximum atomic E-state index is 5.89. The van der Waals surface area contributed by atoms with Crippen LogP contribution in [-0.2, 0) is 4.74 Å². The van der Waals surface area contributed by atoms with Crippen LogP contribution >= 0.6 is 27.3 Å². The lowest BCUT2D eigenvalue weighted by atomic mass is 10.2. The number of nitrogens with two attached hydrogens (primary N) is 1. The molecule has 1 aliphatic rings. The monoisotopic (exact) mass is 332 g/mol. The number of ether oxygens (including phenoxy) is 1. The summed E-state index contributed by atoms with van der Waals surface area (Å²) in [4.78, 5) is 3.60. The average Bonchev–Trinajstić information content (AvgIpc) is 3.08. The van der Waals surface area contributed by atoms with Crippen LogP contribution in [0.1, 0.15) is 23.8 Å². The molecule has 1 saturated carbocycles. The van der Waals surface area contributed by atoms with E-state index in [1.165, 1.54) is 17.7 Å². The Labute approximate surface area is 121 Å². The summed E-state index contributed by atoms with van der Waals surface area (Å²) >= 11 is 5.26. The highest BCUT2D eigenvalue weighted by atomic mass is 79.9. The number of rotatable bonds is 8. The van der Waals surface area contributed by atoms with Crippen molar-refractivity contribution in [2.45, 2.75) is 18.9 Å². The number of thiophene rings is 1. The highest BCUT2D eigenvalue weighted by Gasteiger charge is 2.21. The van der Waals surface area contributed by atoms with Gasteiger partial charge in [-0.15, -0.1) is 11.3 Å². The molecule has 1 aliphatic carbocycles. The van der Waals surface area contributed by atoms with Crippen molar-refractivity contribution in [2.75, 3.05) is 33.4 Å². The molecule has 2 rings (SSSR count). The fraction of sp³-hybridized carbons (Fsp3) is 0.692. The third kappa shape index (κ3) is 4.31. The molecule has 0 saturated heterocycles. The standard InChI is InChI=1S/C13H21BrN2OS/c1-16(6-7-17-9-10-2-3-10)11(8-15)12-4-5-13(14)18-12/h4-5,10-11H,2-3,6-9,15H2,1H3. The Kier molecular flexibility index (Phi) is 5.63. The van der Waals surface area contributed by atoms with Crippen LogP contribution in [-0.4, -0.2) is 38.3 Å². The highest BCUT2D eigenvalue weighted by Crippen LogP contribution is 2.30. The molecule has 0 spiro atoms. The Balaban J connectivity index is 1.75. The summed E-state index contributed by atoms with van der Waals surface area (Å²) in [6, 6.07) is 4.53. The van der Waals surface area contributed by atoms with E-state index >= 15 is 0 Å². The minimum Gasteiger partial charge on any atom is -0.380 e. The molecule has 2 N–H and O–H groups in total. The maximum Gasteiger partial charge on any atom is 0.0702 e. The summed E-state index contributed by atoms with van der Waals surface area (Å²) in [6.45, 7) is 3.32. The Morgan fingerprint density at radius 3 is 2.89 bits per heavy atom. The summed E-state index contributed by atoms with van der Waals surface area (Å²) in [5, 5.41) is 0. The van der Waals surface area contributed by atoms with Crippen molar-refractivity contribution in [3.05, 3.63) is 20.8 Å². The van der Waals surface area contributed by atoms with Crippen LogP contribution < -0.4 is 5.73 Å². The lowest BCUT2D eigenvalue weighted by molar-refractivity contribution is 0.0927. The molecule has 1 fully saturated rings. The van der Waals surface area contributed by atoms with Crippen molar-refractivity contribution in [1.29, 1.82) is 0 Å². The molecule has 5 heteroatoms. The fourth-order valence-corrected chi connectivity index (χ4v) is 3.52. The molecule has 0 radical (unpaired) electrons. The molecule has 1 heterocycles. The van der Waals surface area contributed by atoms with Gasteiger partial charge < -0.3 is 10.5 Å². The molecule has 0 aliphatic heterocycles. The maximum absolute atomic E-state index is 5.89. The summed E-state index contributed by atoms with van der Waals surface area (Å²) in [5.41, 5.74) is 5.89. The van der Waals surface area contributed by atoms with Crippen molar-refractivity contribution in [3.8, 4) is 0 Å². The van der Waals surface area contributed by atoms with Crippen LogP contribution in [0.15, 0.2) is 15.9 Å². The van der Waals surface area contributed by atoms with E-state index in [-0.39, 0.29) is 0 Å². The van der Waals surface area contributed by atoms with Crippen molar-refractivity contribution in [1.82, 2.24) is 4.90 Å². The molecule has 0 amide bonds. The van der Waals surface area contributed by atoms with E-state index in [2.05, 4.69) is 40.0 Å². The van der Waals surface area contributed by atoms with E-state index in [4.69, 9.17) is 10.5 Å². The second kappa shape index (κ2) is 7.01. The van der Waals surface area contributed by atoms with Gasteiger partial charge in [0.2, 0.25) is 0 Å². The van der Waals surface area contributed by atoms with E-state index in [1.807, 2.05) is 0 Å². The van der Waals surface area contributed by atoms with Gasteiger partial charge in [0.1, 0.15) is 0 Å². The Morgan fingerprint density at radius 1 is 1.56 bits per heavy atom. The average molecular weight is 333 g/mol. The lowest BCUT2D eigenvalue weighted by Crippen LogP contribution is -2.32. The first kappa shape index (κ1) is 14.5. The van der Waals surface area contributed by atoms with Crippen LogP contribution in [0.4, 0.5) is 0 Å². The van der Waals surface area contributed by atoms with Gasteiger partial charge in [-0.2, -0.15) is 0 Å². The second-order valence-corrected chi connectivity index (χ2v) is 7.39. The van der Waals surface area contributed by atoms with E-state index < -0.39 is 0 Å². The molecule has 0 bridgehead atoms. The molecule has 1 atom stereocenters. The van der Waals surface area contributed by atoms with Crippen molar-refractivity contribution >= 4 is 27.3 Å². The van der Waals surface area contributed by atoms with Gasteiger partial charge in [0.15, 0.2) is 0 Å². The predicted molar refractivity (Wildman–Crippen MR) is 80.0 cm³/mol. The van der Waals surface area contributed by atoms with E-state index in [1.54, 1.807) is 11.3 Å². The van der Waals surface area contributed by atoms with Gasteiger partial charge >= 0.3 is 0 Å². The summed E-state index contributed by atoms with van der Waals surface area (Å²) < 4.78 is 6.84. The van der Waals surface area contributed by atoms with E-state index in [0.717, 1.165) is 29.5 Å². The normalized spacial score (nSPS) is 17.3. The summed E-state index contributed by atoms with van der Waals surface area (Å²) in [6.07, 6.45) is 2.70. The van der Waals surface area contributed by atoms with Crippen LogP contribution in [0, 0.1) is 5.92 Å². The summed E-state index contributed by atoms with van der Waals surface area (Å²) in [7, 11) is 2.12. The Morgan fingerprint density at radius 2 is 2.33 bits per heavy atom. The van der Waals surface area contributed by atoms with Crippen LogP contribution in [0.25, 0.3) is 0 Å². The first-order chi connectivity index (χ1) is 8.70. The second-order valence-electron chi connectivity index (χ2n) is 4.89. The number of hydrogen-bond acceptors (Lipinski definition) is 4. The minimum atomic E-state index is 0.297. The first-order valence-electron chi connectivity index (χ1n) is 6.44. The quantitative estimate of drug-likeness (QED) is 0.744. The van der Waals surface area contributed by atoms with Crippen LogP contribution in [0.3, 0.4) is 0 Å². The van der Waals surface area contributed by atoms with Crippen LogP contribution in [0.2, 0.25) is 0 Å². The van der Waals surface area contributed by atoms with Gasteiger partial charge in [-0.05, 0) is 53.9 Å². The number of likely N-dealkylation sites (N-methyl/N-ethyl adjacent to an activating group) is 1. The van der Waals surface area contributed by atoms with Crippen molar-refractivity contribution in [2.24, 2.45) is 11.7 Å². The first-order valence-corrected chi connectivity index (χ1v) is 8.05. The zero-order valence-corrected chi connectivity index (χ0v) is 13.2. The number of halogens is 1. The SMILES string of the molecule is CN(CCOCC1CC1)C(CN)c1ccc(Br)s1. The van der Waals surface area contributed by atoms with Crippen molar-refractivity contribution in [3.63, 3.8) is 0 Å². The van der Waals surface area contributed by atoms with E-state index in [9.17, 15) is 0 Å². The van der Waals surface area contributed by atoms with Crippen LogP contribution in [0.5, 0.6) is 0 Å². The zero-order chi connectivity index (χ0) is 13.0. The van der Waals surface area contributed by atoms with E-state index in [0.29, 0.717) is 12.6 Å². The molecule has 1 unspecified atom stereocenters. The highest BCUT2D eigenvalue weighted by molar-refractivity contribution is 9.11. The topological polar surface area (TPSA) is 38.5 Å². The Bertz CT molecular complexity index is 368. The van der Waals surface area contributed by atoms with Gasteiger partial charge in [0, 0.05) is 24.6 Å². The molecule has 1 aromatic heterocycles. The molecule has 3 nitrogen and oxygen atoms in total. The molecule has 0 aromatic carbocycles. The van der Waals surface area contributed by atoms with Gasteiger partial charge in [-0.3, -0.25) is 4.90 Å². The fourth-order valence-electron chi connectivity index (χ4n) is 1.92. The van der Waals surface area contributed by atoms with Gasteiger partial charge in [-0.25, -0.2) is 0 Å². The largest absolute Gasteiger partial charge is 0.380 e. The van der Waals surface area contributed by atoms with Gasteiger partial charge in [0.25, 0.3) is 0 Å². The van der Waals surface area contributed by atoms with Crippen molar-refractivity contribution < 1.29 is 4.74 Å². The predicted octanol–water partition coefficient (Wildman–Crippen LogP) is 2.87.